The van der Waals surface area contributed by atoms with Crippen molar-refractivity contribution < 1.29 is 9.53 Å². The predicted octanol–water partition coefficient (Wildman–Crippen LogP) is 1.24. The number of esters is 1. The number of nitrogens with zero attached hydrogens (tertiary/aromatic N) is 4. The molecule has 0 N–H and O–H groups in total. The number of thioether (sulfide) groups is 1. The molecule has 0 saturated carbocycles. The van der Waals surface area contributed by atoms with Crippen LogP contribution in [-0.2, 0) is 16.6 Å². The van der Waals surface area contributed by atoms with Crippen molar-refractivity contribution in [2.75, 3.05) is 12.4 Å². The van der Waals surface area contributed by atoms with Crippen LogP contribution in [-0.4, -0.2) is 37.5 Å². The average Bonchev–Trinajstić information content (AvgIpc) is 2.95. The van der Waals surface area contributed by atoms with Crippen molar-refractivity contribution in [1.29, 1.82) is 0 Å². The van der Waals surface area contributed by atoms with Crippen molar-refractivity contribution in [3.8, 4) is 0 Å². The minimum atomic E-state index is -0.307. The second-order valence-electron chi connectivity index (χ2n) is 4.59. The van der Waals surface area contributed by atoms with E-state index in [4.69, 9.17) is 4.74 Å². The quantitative estimate of drug-likeness (QED) is 0.532. The molecule has 0 atom stereocenters. The lowest BCUT2D eigenvalue weighted by Crippen LogP contribution is -2.20. The van der Waals surface area contributed by atoms with Crippen molar-refractivity contribution in [1.82, 2.24) is 19.2 Å². The third-order valence-electron chi connectivity index (χ3n) is 3.22. The second-order valence-corrected chi connectivity index (χ2v) is 5.54. The molecule has 8 heteroatoms. The molecule has 0 bridgehead atoms. The van der Waals surface area contributed by atoms with Crippen molar-refractivity contribution in [2.24, 2.45) is 7.05 Å². The van der Waals surface area contributed by atoms with Gasteiger partial charge in [0.25, 0.3) is 5.56 Å². The molecule has 0 unspecified atom stereocenters. The van der Waals surface area contributed by atoms with E-state index in [0.29, 0.717) is 22.9 Å². The molecule has 22 heavy (non-hydrogen) atoms. The van der Waals surface area contributed by atoms with Crippen LogP contribution in [0.15, 0.2) is 34.2 Å². The van der Waals surface area contributed by atoms with Gasteiger partial charge in [-0.25, -0.2) is 0 Å². The fourth-order valence-electron chi connectivity index (χ4n) is 2.23. The standard InChI is InChI=1S/C14H14N4O3S/c1-3-21-11(19)8-22-14-16-15-13-17(2)12(20)9-6-4-5-7-10(9)18(13)14/h4-7H,3,8H2,1-2H3. The summed E-state index contributed by atoms with van der Waals surface area (Å²) in [4.78, 5) is 23.8. The molecule has 0 saturated heterocycles. The number of para-hydroxylation sites is 1. The molecule has 2 aromatic heterocycles. The molecule has 7 nitrogen and oxygen atoms in total. The van der Waals surface area contributed by atoms with Gasteiger partial charge in [0.05, 0.1) is 23.3 Å². The number of carbonyl (C=O) groups is 1. The van der Waals surface area contributed by atoms with Gasteiger partial charge in [0.2, 0.25) is 5.78 Å². The van der Waals surface area contributed by atoms with Gasteiger partial charge in [-0.1, -0.05) is 23.9 Å². The van der Waals surface area contributed by atoms with E-state index in [1.807, 2.05) is 18.2 Å². The minimum absolute atomic E-state index is 0.127. The SMILES string of the molecule is CCOC(=O)CSc1nnc2n(C)c(=O)c3ccccc3n12. The van der Waals surface area contributed by atoms with Gasteiger partial charge in [-0.2, -0.15) is 0 Å². The van der Waals surface area contributed by atoms with E-state index in [0.717, 1.165) is 5.52 Å². The highest BCUT2D eigenvalue weighted by molar-refractivity contribution is 7.99. The van der Waals surface area contributed by atoms with Crippen LogP contribution in [0.25, 0.3) is 16.7 Å². The molecule has 1 aromatic carbocycles. The van der Waals surface area contributed by atoms with E-state index in [1.54, 1.807) is 24.4 Å². The lowest BCUT2D eigenvalue weighted by molar-refractivity contribution is -0.139. The van der Waals surface area contributed by atoms with E-state index in [-0.39, 0.29) is 17.3 Å². The fraction of sp³-hybridized carbons (Fsp3) is 0.286. The van der Waals surface area contributed by atoms with E-state index in [9.17, 15) is 9.59 Å². The third kappa shape index (κ3) is 2.35. The molecule has 2 heterocycles. The predicted molar refractivity (Wildman–Crippen MR) is 83.1 cm³/mol. The van der Waals surface area contributed by atoms with Crippen LogP contribution in [0.1, 0.15) is 6.92 Å². The largest absolute Gasteiger partial charge is 0.465 e. The Morgan fingerprint density at radius 2 is 2.09 bits per heavy atom. The van der Waals surface area contributed by atoms with Gasteiger partial charge in [-0.15, -0.1) is 10.2 Å². The van der Waals surface area contributed by atoms with Crippen LogP contribution in [0.5, 0.6) is 0 Å². The summed E-state index contributed by atoms with van der Waals surface area (Å²) in [5.41, 5.74) is 0.592. The summed E-state index contributed by atoms with van der Waals surface area (Å²) in [7, 11) is 1.65. The number of hydrogen-bond acceptors (Lipinski definition) is 6. The Labute approximate surface area is 129 Å². The topological polar surface area (TPSA) is 78.5 Å². The zero-order valence-electron chi connectivity index (χ0n) is 12.1. The molecule has 0 spiro atoms. The number of benzene rings is 1. The summed E-state index contributed by atoms with van der Waals surface area (Å²) >= 11 is 1.23. The number of aromatic nitrogens is 4. The Morgan fingerprint density at radius 1 is 1.32 bits per heavy atom. The number of aryl methyl sites for hydroxylation is 1. The van der Waals surface area contributed by atoms with Crippen LogP contribution in [0.4, 0.5) is 0 Å². The molecule has 0 fully saturated rings. The average molecular weight is 318 g/mol. The summed E-state index contributed by atoms with van der Waals surface area (Å²) in [5.74, 6) is 0.277. The molecule has 0 aliphatic carbocycles. The van der Waals surface area contributed by atoms with Crippen LogP contribution in [0.2, 0.25) is 0 Å². The maximum atomic E-state index is 12.3. The molecule has 114 valence electrons. The molecule has 0 radical (unpaired) electrons. The highest BCUT2D eigenvalue weighted by atomic mass is 32.2. The molecule has 0 aliphatic heterocycles. The number of ether oxygens (including phenoxy) is 1. The second kappa shape index (κ2) is 5.80. The smallest absolute Gasteiger partial charge is 0.316 e. The van der Waals surface area contributed by atoms with Crippen LogP contribution in [0, 0.1) is 0 Å². The molecule has 3 rings (SSSR count). The summed E-state index contributed by atoms with van der Waals surface area (Å²) in [5, 5.41) is 9.27. The summed E-state index contributed by atoms with van der Waals surface area (Å²) in [6, 6.07) is 7.25. The van der Waals surface area contributed by atoms with Crippen molar-refractivity contribution in [2.45, 2.75) is 12.1 Å². The normalized spacial score (nSPS) is 11.2. The first kappa shape index (κ1) is 14.6. The van der Waals surface area contributed by atoms with Gasteiger partial charge in [0.1, 0.15) is 0 Å². The first-order valence-corrected chi connectivity index (χ1v) is 7.73. The monoisotopic (exact) mass is 318 g/mol. The molecule has 3 aromatic rings. The van der Waals surface area contributed by atoms with E-state index >= 15 is 0 Å². The van der Waals surface area contributed by atoms with E-state index in [1.165, 1.54) is 16.3 Å². The van der Waals surface area contributed by atoms with Gasteiger partial charge >= 0.3 is 5.97 Å². The van der Waals surface area contributed by atoms with Crippen LogP contribution in [0.3, 0.4) is 0 Å². The highest BCUT2D eigenvalue weighted by Gasteiger charge is 2.15. The van der Waals surface area contributed by atoms with E-state index in [2.05, 4.69) is 10.2 Å². The van der Waals surface area contributed by atoms with Gasteiger partial charge in [-0.3, -0.25) is 18.6 Å². The van der Waals surface area contributed by atoms with Crippen LogP contribution < -0.4 is 5.56 Å². The number of carbonyl (C=O) groups excluding carboxylic acids is 1. The third-order valence-corrected chi connectivity index (χ3v) is 4.12. The van der Waals surface area contributed by atoms with Gasteiger partial charge in [-0.05, 0) is 19.1 Å². The molecule has 0 aliphatic rings. The Bertz CT molecular complexity index is 915. The van der Waals surface area contributed by atoms with Crippen molar-refractivity contribution >= 4 is 34.4 Å². The lowest BCUT2D eigenvalue weighted by atomic mass is 10.2. The molecular weight excluding hydrogens is 304 g/mol. The Kier molecular flexibility index (Phi) is 3.84. The number of hydrogen-bond donors (Lipinski definition) is 0. The first-order chi connectivity index (χ1) is 10.6. The number of rotatable bonds is 4. The van der Waals surface area contributed by atoms with Gasteiger partial charge in [0, 0.05) is 7.05 Å². The Morgan fingerprint density at radius 3 is 2.86 bits per heavy atom. The zero-order chi connectivity index (χ0) is 15.7. The van der Waals surface area contributed by atoms with Gasteiger partial charge < -0.3 is 4.74 Å². The molecule has 0 amide bonds. The fourth-order valence-corrected chi connectivity index (χ4v) is 2.97. The van der Waals surface area contributed by atoms with E-state index < -0.39 is 0 Å². The first-order valence-electron chi connectivity index (χ1n) is 6.74. The summed E-state index contributed by atoms with van der Waals surface area (Å²) in [6.45, 7) is 2.11. The van der Waals surface area contributed by atoms with Crippen LogP contribution >= 0.6 is 11.8 Å². The molecular formula is C14H14N4O3S. The van der Waals surface area contributed by atoms with Gasteiger partial charge in [0.15, 0.2) is 5.16 Å². The maximum absolute atomic E-state index is 12.3. The maximum Gasteiger partial charge on any atom is 0.316 e. The Balaban J connectivity index is 2.13. The summed E-state index contributed by atoms with van der Waals surface area (Å²) < 4.78 is 8.14. The summed E-state index contributed by atoms with van der Waals surface area (Å²) in [6.07, 6.45) is 0. The van der Waals surface area contributed by atoms with Crippen molar-refractivity contribution in [3.63, 3.8) is 0 Å². The minimum Gasteiger partial charge on any atom is -0.465 e. The zero-order valence-corrected chi connectivity index (χ0v) is 13.0. The highest BCUT2D eigenvalue weighted by Crippen LogP contribution is 2.21. The lowest BCUT2D eigenvalue weighted by Gasteiger charge is -2.07. The van der Waals surface area contributed by atoms with Crippen molar-refractivity contribution in [3.05, 3.63) is 34.6 Å². The number of fused-ring (bicyclic) bond motifs is 3. The Hall–Kier alpha value is -2.35.